The maximum Gasteiger partial charge on any atom is 0.306 e. The first-order chi connectivity index (χ1) is 28.4. The van der Waals surface area contributed by atoms with E-state index in [1.807, 2.05) is 0 Å². The van der Waals surface area contributed by atoms with E-state index in [1.165, 1.54) is 116 Å². The van der Waals surface area contributed by atoms with Crippen LogP contribution in [0.1, 0.15) is 255 Å². The molecule has 0 fully saturated rings. The van der Waals surface area contributed by atoms with E-state index in [0.29, 0.717) is 19.4 Å². The Labute approximate surface area is 366 Å². The van der Waals surface area contributed by atoms with Crippen LogP contribution < -0.4 is 10.5 Å². The van der Waals surface area contributed by atoms with Gasteiger partial charge in [-0.3, -0.25) is 13.8 Å². The molecule has 10 heteroatoms. The fourth-order valence-corrected chi connectivity index (χ4v) is 7.93. The standard InChI is InChI=1S/C47H94N2O6S.CH5N.2H2/c1-5-9-12-15-20-27-35-44(8-4)54-46(50)38-30-23-18-25-32-41-49(43-34-40-48-56(52)53)42-33-26-19-24-31-39-47(51)55-45(36-28-21-16-13-10-6-2)37-29-22-17-14-11-7-3;1-2;;/h44-45,48H,5-43H2,1-4H3,(H,52,53);2H2,1H3;2*1H/p-1. The second-order valence-corrected chi connectivity index (χ2v) is 17.4. The number of nitrogens with one attached hydrogen (secondary N) is 1. The number of nitrogens with two attached hydrogens (primary N) is 1. The van der Waals surface area contributed by atoms with E-state index >= 15 is 0 Å². The lowest BCUT2D eigenvalue weighted by atomic mass is 10.0. The Kier molecular flexibility index (Phi) is 49.5. The zero-order valence-electron chi connectivity index (χ0n) is 39.1. The number of esters is 2. The molecule has 9 nitrogen and oxygen atoms in total. The van der Waals surface area contributed by atoms with Crippen LogP contribution in [-0.2, 0) is 30.3 Å². The second kappa shape index (κ2) is 48.6. The number of ether oxygens (including phenoxy) is 2. The minimum absolute atomic E-state index is 0. The Morgan fingerprint density at radius 1 is 0.517 bits per heavy atom. The molecule has 352 valence electrons. The Morgan fingerprint density at radius 3 is 1.24 bits per heavy atom. The Hall–Kier alpha value is -1.07. The van der Waals surface area contributed by atoms with Crippen molar-refractivity contribution in [3.8, 4) is 0 Å². The third-order valence-electron chi connectivity index (χ3n) is 11.3. The van der Waals surface area contributed by atoms with Gasteiger partial charge in [0.25, 0.3) is 0 Å². The molecule has 0 heterocycles. The van der Waals surface area contributed by atoms with Crippen LogP contribution >= 0.6 is 0 Å². The van der Waals surface area contributed by atoms with Gasteiger partial charge in [0.1, 0.15) is 12.2 Å². The summed E-state index contributed by atoms with van der Waals surface area (Å²) in [6.45, 7) is 12.3. The summed E-state index contributed by atoms with van der Waals surface area (Å²) in [5, 5.41) is 0. The SMILES string of the molecule is CCCCCCCCC(CC)OC(=O)CCCCCCCN(CCCCCCCC(=O)OC(CCCCCCCC)CCCCCCCC)CCCNS(=O)[O-].CN.[HH].[HH]. The topological polar surface area (TPSA) is 134 Å². The summed E-state index contributed by atoms with van der Waals surface area (Å²) >= 11 is -2.21. The van der Waals surface area contributed by atoms with Gasteiger partial charge in [-0.2, -0.15) is 0 Å². The van der Waals surface area contributed by atoms with Crippen molar-refractivity contribution in [2.75, 3.05) is 33.2 Å². The van der Waals surface area contributed by atoms with Crippen LogP contribution in [0.5, 0.6) is 0 Å². The molecule has 58 heavy (non-hydrogen) atoms. The number of hydrogen-bond donors (Lipinski definition) is 2. The van der Waals surface area contributed by atoms with E-state index < -0.39 is 11.3 Å². The molecule has 2 unspecified atom stereocenters. The van der Waals surface area contributed by atoms with Crippen molar-refractivity contribution in [3.63, 3.8) is 0 Å². The average Bonchev–Trinajstić information content (AvgIpc) is 3.22. The first kappa shape index (κ1) is 59.0. The van der Waals surface area contributed by atoms with Gasteiger partial charge in [0, 0.05) is 33.5 Å². The smallest absolute Gasteiger partial charge is 0.306 e. The van der Waals surface area contributed by atoms with Crippen LogP contribution in [0, 0.1) is 0 Å². The Morgan fingerprint density at radius 2 is 0.845 bits per heavy atom. The van der Waals surface area contributed by atoms with Gasteiger partial charge in [-0.15, -0.1) is 0 Å². The van der Waals surface area contributed by atoms with Crippen LogP contribution in [0.3, 0.4) is 0 Å². The fraction of sp³-hybridized carbons (Fsp3) is 0.958. The van der Waals surface area contributed by atoms with Gasteiger partial charge in [0.05, 0.1) is 0 Å². The first-order valence-corrected chi connectivity index (χ1v) is 25.9. The van der Waals surface area contributed by atoms with Crippen LogP contribution in [-0.4, -0.2) is 71.0 Å². The van der Waals surface area contributed by atoms with Crippen molar-refractivity contribution < 1.29 is 30.7 Å². The lowest BCUT2D eigenvalue weighted by Gasteiger charge is -2.22. The first-order valence-electron chi connectivity index (χ1n) is 24.9. The summed E-state index contributed by atoms with van der Waals surface area (Å²) in [4.78, 5) is 27.7. The quantitative estimate of drug-likeness (QED) is 0.0351. The van der Waals surface area contributed by atoms with E-state index in [0.717, 1.165) is 122 Å². The van der Waals surface area contributed by atoms with Gasteiger partial charge in [-0.25, -0.2) is 4.72 Å². The van der Waals surface area contributed by atoms with E-state index in [2.05, 4.69) is 43.1 Å². The number of nitrogens with zero attached hydrogens (tertiary/aromatic N) is 1. The zero-order chi connectivity index (χ0) is 43.2. The van der Waals surface area contributed by atoms with Crippen molar-refractivity contribution in [1.82, 2.24) is 9.62 Å². The summed E-state index contributed by atoms with van der Waals surface area (Å²) in [6, 6.07) is 0. The molecule has 0 bridgehead atoms. The molecule has 0 radical (unpaired) electrons. The highest BCUT2D eigenvalue weighted by molar-refractivity contribution is 7.77. The van der Waals surface area contributed by atoms with E-state index in [9.17, 15) is 18.4 Å². The molecule has 3 N–H and O–H groups in total. The van der Waals surface area contributed by atoms with Crippen molar-refractivity contribution in [1.29, 1.82) is 0 Å². The predicted molar refractivity (Wildman–Crippen MR) is 252 cm³/mol. The predicted octanol–water partition coefficient (Wildman–Crippen LogP) is 13.3. The lowest BCUT2D eigenvalue weighted by molar-refractivity contribution is -0.150. The third kappa shape index (κ3) is 44.5. The highest BCUT2D eigenvalue weighted by Gasteiger charge is 2.15. The second-order valence-electron chi connectivity index (χ2n) is 16.7. The molecule has 2 atom stereocenters. The van der Waals surface area contributed by atoms with Gasteiger partial charge >= 0.3 is 11.9 Å². The van der Waals surface area contributed by atoms with Crippen molar-refractivity contribution >= 4 is 23.2 Å². The average molecular weight is 849 g/mol. The summed E-state index contributed by atoms with van der Waals surface area (Å²) in [5.74, 6) is -0.0394. The molecule has 0 saturated heterocycles. The molecule has 0 spiro atoms. The van der Waals surface area contributed by atoms with Gasteiger partial charge in [0.15, 0.2) is 0 Å². The molecule has 0 rings (SSSR count). The van der Waals surface area contributed by atoms with E-state index in [4.69, 9.17) is 9.47 Å². The molecule has 0 aromatic carbocycles. The molecule has 0 aliphatic carbocycles. The minimum atomic E-state index is -2.21. The maximum atomic E-state index is 12.8. The molecule has 0 aliphatic rings. The van der Waals surface area contributed by atoms with Crippen molar-refractivity contribution in [3.05, 3.63) is 0 Å². The molecule has 0 aromatic heterocycles. The van der Waals surface area contributed by atoms with E-state index in [1.54, 1.807) is 0 Å². The molecular weight excluding hydrogens is 747 g/mol. The lowest BCUT2D eigenvalue weighted by Crippen LogP contribution is -2.30. The number of carbonyl (C=O) groups excluding carboxylic acids is 2. The zero-order valence-corrected chi connectivity index (χ0v) is 39.9. The van der Waals surface area contributed by atoms with Crippen LogP contribution in [0.2, 0.25) is 0 Å². The van der Waals surface area contributed by atoms with Crippen LogP contribution in [0.25, 0.3) is 0 Å². The molecule has 0 aliphatic heterocycles. The van der Waals surface area contributed by atoms with Gasteiger partial charge in [-0.1, -0.05) is 163 Å². The summed E-state index contributed by atoms with van der Waals surface area (Å²) in [6.07, 6.45) is 39.4. The number of unbranched alkanes of at least 4 members (excludes halogenated alkanes) is 23. The number of rotatable bonds is 45. The normalized spacial score (nSPS) is 12.4. The van der Waals surface area contributed by atoms with Crippen LogP contribution in [0.15, 0.2) is 0 Å². The largest absolute Gasteiger partial charge is 0.760 e. The number of hydrogen-bond acceptors (Lipinski definition) is 8. The van der Waals surface area contributed by atoms with Crippen molar-refractivity contribution in [2.45, 2.75) is 265 Å². The fourth-order valence-electron chi connectivity index (χ4n) is 7.62. The summed E-state index contributed by atoms with van der Waals surface area (Å²) in [7, 11) is 1.50. The Balaban J connectivity index is -0.00000385. The minimum Gasteiger partial charge on any atom is -0.760 e. The third-order valence-corrected chi connectivity index (χ3v) is 11.7. The highest BCUT2D eigenvalue weighted by Crippen LogP contribution is 2.19. The molecule has 0 aromatic rings. The Bertz CT molecular complexity index is 879. The van der Waals surface area contributed by atoms with Gasteiger partial charge < -0.3 is 24.7 Å². The highest BCUT2D eigenvalue weighted by atomic mass is 32.2. The number of carbonyl (C=O) groups is 2. The summed E-state index contributed by atoms with van der Waals surface area (Å²) in [5.41, 5.74) is 4.50. The van der Waals surface area contributed by atoms with Gasteiger partial charge in [-0.05, 0) is 104 Å². The van der Waals surface area contributed by atoms with Crippen molar-refractivity contribution in [2.24, 2.45) is 5.73 Å². The molecule has 0 amide bonds. The van der Waals surface area contributed by atoms with Gasteiger partial charge in [0.2, 0.25) is 0 Å². The molecular formula is C48H102N3O6S-. The monoisotopic (exact) mass is 849 g/mol. The molecule has 0 saturated carbocycles. The maximum absolute atomic E-state index is 12.8. The van der Waals surface area contributed by atoms with E-state index in [-0.39, 0.29) is 27.0 Å². The summed E-state index contributed by atoms with van der Waals surface area (Å²) < 4.78 is 36.1. The van der Waals surface area contributed by atoms with Crippen LogP contribution in [0.4, 0.5) is 0 Å².